The molecule has 3 atom stereocenters. The van der Waals surface area contributed by atoms with Gasteiger partial charge in [0, 0.05) is 43.6 Å². The molecule has 2 aromatic carbocycles. The lowest BCUT2D eigenvalue weighted by Crippen LogP contribution is -2.49. The minimum atomic E-state index is -0.793. The van der Waals surface area contributed by atoms with Crippen molar-refractivity contribution in [1.29, 1.82) is 0 Å². The van der Waals surface area contributed by atoms with Gasteiger partial charge in [0.15, 0.2) is 0 Å². The number of amides is 1. The second kappa shape index (κ2) is 11.9. The number of nitrogens with zero attached hydrogens (tertiary/aromatic N) is 5. The van der Waals surface area contributed by atoms with E-state index < -0.39 is 6.10 Å². The number of imidazole rings is 1. The number of aryl methyl sites for hydroxylation is 1. The van der Waals surface area contributed by atoms with Crippen molar-refractivity contribution in [3.63, 3.8) is 0 Å². The topological polar surface area (TPSA) is 74.5 Å². The first kappa shape index (κ1) is 28.2. The summed E-state index contributed by atoms with van der Waals surface area (Å²) in [6.07, 6.45) is 10.6. The maximum absolute atomic E-state index is 13.2. The summed E-state index contributed by atoms with van der Waals surface area (Å²) in [4.78, 5) is 26.9. The lowest BCUT2D eigenvalue weighted by Gasteiger charge is -2.46. The number of hydrogen-bond acceptors (Lipinski definition) is 5. The highest BCUT2D eigenvalue weighted by molar-refractivity contribution is 5.77. The summed E-state index contributed by atoms with van der Waals surface area (Å²) in [6, 6.07) is 24.9. The van der Waals surface area contributed by atoms with E-state index >= 15 is 0 Å². The summed E-state index contributed by atoms with van der Waals surface area (Å²) >= 11 is 0. The van der Waals surface area contributed by atoms with Crippen molar-refractivity contribution in [3.8, 4) is 0 Å². The monoisotopic (exact) mass is 577 g/mol. The van der Waals surface area contributed by atoms with Gasteiger partial charge in [-0.05, 0) is 99.2 Å². The Balaban J connectivity index is 1.02. The van der Waals surface area contributed by atoms with Crippen LogP contribution >= 0.6 is 0 Å². The van der Waals surface area contributed by atoms with E-state index in [4.69, 9.17) is 4.98 Å². The Hall–Kier alpha value is -3.55. The Morgan fingerprint density at radius 1 is 0.930 bits per heavy atom. The third kappa shape index (κ3) is 5.49. The van der Waals surface area contributed by atoms with Crippen LogP contribution < -0.4 is 0 Å². The molecule has 3 aliphatic rings. The van der Waals surface area contributed by atoms with Gasteiger partial charge >= 0.3 is 0 Å². The van der Waals surface area contributed by atoms with Gasteiger partial charge in [0.2, 0.25) is 5.91 Å². The van der Waals surface area contributed by atoms with Crippen LogP contribution in [0.25, 0.3) is 11.0 Å². The molecule has 2 bridgehead atoms. The fraction of sp³-hybridized carbons (Fsp3) is 0.472. The fourth-order valence-corrected chi connectivity index (χ4v) is 8.45. The first-order chi connectivity index (χ1) is 21.0. The molecule has 3 aliphatic heterocycles. The second-order valence-electron chi connectivity index (χ2n) is 13.0. The molecule has 1 N–H and O–H groups in total. The molecule has 2 aromatic heterocycles. The predicted octanol–water partition coefficient (Wildman–Crippen LogP) is 5.98. The number of carbonyl (C=O) groups is 1. The van der Waals surface area contributed by atoms with Gasteiger partial charge < -0.3 is 14.6 Å². The van der Waals surface area contributed by atoms with Gasteiger partial charge in [0.05, 0.1) is 23.6 Å². The van der Waals surface area contributed by atoms with E-state index in [2.05, 4.69) is 76.0 Å². The Morgan fingerprint density at radius 3 is 2.33 bits per heavy atom. The van der Waals surface area contributed by atoms with Crippen LogP contribution in [-0.2, 0) is 10.2 Å². The van der Waals surface area contributed by atoms with E-state index in [0.29, 0.717) is 18.1 Å². The zero-order valence-corrected chi connectivity index (χ0v) is 25.2. The Labute approximate surface area is 254 Å². The van der Waals surface area contributed by atoms with E-state index in [1.165, 1.54) is 36.8 Å². The van der Waals surface area contributed by atoms with Gasteiger partial charge in [-0.25, -0.2) is 4.98 Å². The van der Waals surface area contributed by atoms with Crippen LogP contribution in [0.2, 0.25) is 0 Å². The first-order valence-electron chi connectivity index (χ1n) is 16.1. The van der Waals surface area contributed by atoms with Gasteiger partial charge in [-0.2, -0.15) is 0 Å². The number of hydrogen-bond donors (Lipinski definition) is 1. The first-order valence-corrected chi connectivity index (χ1v) is 16.1. The number of aromatic nitrogens is 3. The minimum absolute atomic E-state index is 0.0356. The van der Waals surface area contributed by atoms with Crippen LogP contribution in [0.3, 0.4) is 0 Å². The Morgan fingerprint density at radius 2 is 1.60 bits per heavy atom. The standard InChI is InChI=1S/C36H43N5O2/c1-26-38-32-9-5-6-10-33(32)41(26)31-23-29-11-12-30(24-31)40(29)22-17-36(28-7-3-2-4-8-28)15-20-39(21-16-36)35(43)25-34(42)27-13-18-37-19-14-27/h2-10,13-14,18-19,29-31,34,42H,11-12,15-17,20-25H2,1H3. The second-order valence-corrected chi connectivity index (χ2v) is 13.0. The SMILES string of the molecule is Cc1nc2ccccc2n1C1CC2CCC(C1)N2CCC1(c2ccccc2)CCN(C(=O)CC(O)c2ccncc2)CC1. The molecule has 43 heavy (non-hydrogen) atoms. The summed E-state index contributed by atoms with van der Waals surface area (Å²) < 4.78 is 2.52. The van der Waals surface area contributed by atoms with Gasteiger partial charge in [0.25, 0.3) is 0 Å². The molecule has 0 saturated carbocycles. The molecule has 4 aromatic rings. The molecular weight excluding hydrogens is 534 g/mol. The van der Waals surface area contributed by atoms with E-state index in [-0.39, 0.29) is 17.7 Å². The van der Waals surface area contributed by atoms with Crippen LogP contribution in [0.4, 0.5) is 0 Å². The molecule has 1 amide bonds. The zero-order valence-electron chi connectivity index (χ0n) is 25.2. The van der Waals surface area contributed by atoms with Gasteiger partial charge in [0.1, 0.15) is 5.82 Å². The summed E-state index contributed by atoms with van der Waals surface area (Å²) in [5, 5.41) is 10.6. The molecule has 7 rings (SSSR count). The maximum Gasteiger partial charge on any atom is 0.225 e. The normalized spacial score (nSPS) is 24.3. The summed E-state index contributed by atoms with van der Waals surface area (Å²) in [7, 11) is 0. The van der Waals surface area contributed by atoms with E-state index in [0.717, 1.165) is 55.8 Å². The highest BCUT2D eigenvalue weighted by atomic mass is 16.3. The third-order valence-corrected chi connectivity index (χ3v) is 10.8. The number of piperidine rings is 2. The van der Waals surface area contributed by atoms with Gasteiger partial charge in [-0.3, -0.25) is 14.7 Å². The van der Waals surface area contributed by atoms with Gasteiger partial charge in [-0.15, -0.1) is 0 Å². The van der Waals surface area contributed by atoms with Crippen LogP contribution in [0.1, 0.15) is 80.5 Å². The molecule has 3 fully saturated rings. The van der Waals surface area contributed by atoms with Crippen molar-refractivity contribution in [1.82, 2.24) is 24.3 Å². The number of aliphatic hydroxyl groups is 1. The van der Waals surface area contributed by atoms with E-state index in [9.17, 15) is 9.90 Å². The van der Waals surface area contributed by atoms with Crippen LogP contribution in [0, 0.1) is 6.92 Å². The number of carbonyl (C=O) groups excluding carboxylic acids is 1. The van der Waals surface area contributed by atoms with Crippen molar-refractivity contribution >= 4 is 16.9 Å². The molecule has 0 radical (unpaired) electrons. The van der Waals surface area contributed by atoms with Crippen molar-refractivity contribution < 1.29 is 9.90 Å². The van der Waals surface area contributed by atoms with Gasteiger partial charge in [-0.1, -0.05) is 42.5 Å². The van der Waals surface area contributed by atoms with Crippen LogP contribution in [0.15, 0.2) is 79.1 Å². The number of fused-ring (bicyclic) bond motifs is 3. The van der Waals surface area contributed by atoms with E-state index in [1.807, 2.05) is 4.90 Å². The lowest BCUT2D eigenvalue weighted by atomic mass is 9.70. The number of para-hydroxylation sites is 2. The fourth-order valence-electron chi connectivity index (χ4n) is 8.45. The molecule has 5 heterocycles. The Bertz CT molecular complexity index is 1530. The van der Waals surface area contributed by atoms with Crippen molar-refractivity contribution in [2.45, 2.75) is 87.9 Å². The van der Waals surface area contributed by atoms with Crippen LogP contribution in [-0.4, -0.2) is 67.1 Å². The lowest BCUT2D eigenvalue weighted by molar-refractivity contribution is -0.135. The molecule has 0 aliphatic carbocycles. The molecular formula is C36H43N5O2. The number of pyridine rings is 1. The highest BCUT2D eigenvalue weighted by Crippen LogP contribution is 2.45. The number of aliphatic hydroxyl groups excluding tert-OH is 1. The smallest absolute Gasteiger partial charge is 0.225 e. The average molecular weight is 578 g/mol. The number of rotatable bonds is 8. The van der Waals surface area contributed by atoms with Crippen molar-refractivity contribution in [3.05, 3.63) is 96.1 Å². The van der Waals surface area contributed by atoms with E-state index in [1.54, 1.807) is 24.5 Å². The third-order valence-electron chi connectivity index (χ3n) is 10.8. The molecule has 7 heteroatoms. The molecule has 3 unspecified atom stereocenters. The Kier molecular flexibility index (Phi) is 7.78. The number of likely N-dealkylation sites (tertiary alicyclic amines) is 1. The predicted molar refractivity (Wildman–Crippen MR) is 169 cm³/mol. The minimum Gasteiger partial charge on any atom is -0.388 e. The molecule has 7 nitrogen and oxygen atoms in total. The summed E-state index contributed by atoms with van der Waals surface area (Å²) in [6.45, 7) is 4.74. The number of benzene rings is 2. The van der Waals surface area contributed by atoms with Crippen LogP contribution in [0.5, 0.6) is 0 Å². The summed E-state index contributed by atoms with van der Waals surface area (Å²) in [5.41, 5.74) is 4.59. The maximum atomic E-state index is 13.2. The van der Waals surface area contributed by atoms with Crippen molar-refractivity contribution in [2.75, 3.05) is 19.6 Å². The average Bonchev–Trinajstić information content (AvgIpc) is 3.51. The summed E-state index contributed by atoms with van der Waals surface area (Å²) in [5.74, 6) is 1.17. The van der Waals surface area contributed by atoms with Crippen molar-refractivity contribution in [2.24, 2.45) is 0 Å². The zero-order chi connectivity index (χ0) is 29.4. The molecule has 0 spiro atoms. The largest absolute Gasteiger partial charge is 0.388 e. The molecule has 224 valence electrons. The molecule has 3 saturated heterocycles. The highest BCUT2D eigenvalue weighted by Gasteiger charge is 2.44. The quantitative estimate of drug-likeness (QED) is 0.279.